The average molecular weight is 412 g/mol. The van der Waals surface area contributed by atoms with Crippen LogP contribution in [0.3, 0.4) is 0 Å². The lowest BCUT2D eigenvalue weighted by Crippen LogP contribution is -2.37. The van der Waals surface area contributed by atoms with E-state index in [9.17, 15) is 4.79 Å². The van der Waals surface area contributed by atoms with Crippen molar-refractivity contribution in [2.24, 2.45) is 0 Å². The molecule has 1 N–H and O–H groups in total. The Kier molecular flexibility index (Phi) is 6.47. The van der Waals surface area contributed by atoms with Crippen LogP contribution in [0, 0.1) is 0 Å². The first-order chi connectivity index (χ1) is 15.2. The molecular formula is C25H24N4O2. The molecular weight excluding hydrogens is 388 g/mol. The van der Waals surface area contributed by atoms with Crippen LogP contribution in [-0.4, -0.2) is 27.1 Å². The summed E-state index contributed by atoms with van der Waals surface area (Å²) in [4.78, 5) is 21.1. The van der Waals surface area contributed by atoms with Gasteiger partial charge in [0.2, 0.25) is 17.6 Å². The van der Waals surface area contributed by atoms with Gasteiger partial charge in [0.25, 0.3) is 0 Å². The van der Waals surface area contributed by atoms with E-state index in [0.717, 1.165) is 5.56 Å². The minimum absolute atomic E-state index is 0.0505. The van der Waals surface area contributed by atoms with Crippen LogP contribution in [0.4, 0.5) is 0 Å². The molecule has 0 aliphatic rings. The topological polar surface area (TPSA) is 80.9 Å². The van der Waals surface area contributed by atoms with Gasteiger partial charge in [-0.3, -0.25) is 9.78 Å². The van der Waals surface area contributed by atoms with Crippen LogP contribution in [0.2, 0.25) is 0 Å². The number of aromatic nitrogens is 3. The number of aryl methyl sites for hydroxylation is 1. The number of rotatable bonds is 8. The molecule has 156 valence electrons. The van der Waals surface area contributed by atoms with Crippen LogP contribution < -0.4 is 5.32 Å². The van der Waals surface area contributed by atoms with Gasteiger partial charge in [-0.2, -0.15) is 4.98 Å². The normalized spacial score (nSPS) is 11.9. The number of amides is 1. The first-order valence-electron chi connectivity index (χ1n) is 10.3. The van der Waals surface area contributed by atoms with Gasteiger partial charge in [0.1, 0.15) is 0 Å². The molecule has 31 heavy (non-hydrogen) atoms. The second-order valence-corrected chi connectivity index (χ2v) is 7.41. The van der Waals surface area contributed by atoms with E-state index >= 15 is 0 Å². The van der Waals surface area contributed by atoms with Crippen molar-refractivity contribution in [3.05, 3.63) is 102 Å². The summed E-state index contributed by atoms with van der Waals surface area (Å²) in [5.74, 6) is 0.923. The fourth-order valence-corrected chi connectivity index (χ4v) is 3.69. The standard InChI is InChI=1S/C25H24N4O2/c1-18(24(19-9-4-2-5-10-19)20-11-6-3-7-12-20)27-22(30)14-15-23-28-25(29-31-23)21-13-8-16-26-17-21/h2-13,16-18,24H,14-15H2,1H3,(H,27,30). The summed E-state index contributed by atoms with van der Waals surface area (Å²) in [7, 11) is 0. The van der Waals surface area contributed by atoms with Crippen molar-refractivity contribution < 1.29 is 9.32 Å². The summed E-state index contributed by atoms with van der Waals surface area (Å²) in [6, 6.07) is 24.1. The van der Waals surface area contributed by atoms with Gasteiger partial charge >= 0.3 is 0 Å². The molecule has 2 aromatic heterocycles. The number of carbonyl (C=O) groups is 1. The summed E-state index contributed by atoms with van der Waals surface area (Å²) in [6.07, 6.45) is 4.02. The third-order valence-corrected chi connectivity index (χ3v) is 5.16. The summed E-state index contributed by atoms with van der Waals surface area (Å²) in [5, 5.41) is 7.12. The Bertz CT molecular complexity index is 1060. The quantitative estimate of drug-likeness (QED) is 0.464. The number of nitrogens with one attached hydrogen (secondary N) is 1. The number of carbonyl (C=O) groups excluding carboxylic acids is 1. The molecule has 0 saturated carbocycles. The molecule has 4 aromatic rings. The van der Waals surface area contributed by atoms with Crippen LogP contribution in [0.5, 0.6) is 0 Å². The van der Waals surface area contributed by atoms with Gasteiger partial charge < -0.3 is 9.84 Å². The highest BCUT2D eigenvalue weighted by molar-refractivity contribution is 5.76. The highest BCUT2D eigenvalue weighted by Gasteiger charge is 2.23. The second-order valence-electron chi connectivity index (χ2n) is 7.41. The largest absolute Gasteiger partial charge is 0.353 e. The molecule has 0 radical (unpaired) electrons. The van der Waals surface area contributed by atoms with Gasteiger partial charge in [0.05, 0.1) is 0 Å². The van der Waals surface area contributed by atoms with E-state index in [0.29, 0.717) is 18.1 Å². The first kappa shape index (κ1) is 20.5. The zero-order valence-electron chi connectivity index (χ0n) is 17.3. The third-order valence-electron chi connectivity index (χ3n) is 5.16. The SMILES string of the molecule is CC(NC(=O)CCc1nc(-c2cccnc2)no1)C(c1ccccc1)c1ccccc1. The molecule has 0 bridgehead atoms. The zero-order valence-corrected chi connectivity index (χ0v) is 17.3. The van der Waals surface area contributed by atoms with Gasteiger partial charge in [0, 0.05) is 42.8 Å². The summed E-state index contributed by atoms with van der Waals surface area (Å²) in [5.41, 5.74) is 3.11. The number of nitrogens with zero attached hydrogens (tertiary/aromatic N) is 3. The number of hydrogen-bond donors (Lipinski definition) is 1. The van der Waals surface area contributed by atoms with E-state index in [1.165, 1.54) is 11.1 Å². The molecule has 6 nitrogen and oxygen atoms in total. The van der Waals surface area contributed by atoms with E-state index in [1.807, 2.05) is 55.5 Å². The Labute approximate surface area is 181 Å². The predicted octanol–water partition coefficient (Wildman–Crippen LogP) is 4.40. The maximum absolute atomic E-state index is 12.7. The molecule has 6 heteroatoms. The summed E-state index contributed by atoms with van der Waals surface area (Å²) in [6.45, 7) is 2.04. The second kappa shape index (κ2) is 9.80. The Hall–Kier alpha value is -3.80. The number of benzene rings is 2. The third kappa shape index (κ3) is 5.22. The van der Waals surface area contributed by atoms with E-state index in [2.05, 4.69) is 44.7 Å². The minimum atomic E-state index is -0.0778. The molecule has 0 fully saturated rings. The Morgan fingerprint density at radius 2 is 1.65 bits per heavy atom. The van der Waals surface area contributed by atoms with Crippen LogP contribution in [0.1, 0.15) is 36.3 Å². The average Bonchev–Trinajstić information content (AvgIpc) is 3.29. The van der Waals surface area contributed by atoms with Gasteiger partial charge in [-0.1, -0.05) is 65.8 Å². The lowest BCUT2D eigenvalue weighted by molar-refractivity contribution is -0.121. The molecule has 1 unspecified atom stereocenters. The summed E-state index contributed by atoms with van der Waals surface area (Å²) < 4.78 is 5.29. The molecule has 2 aromatic carbocycles. The fourth-order valence-electron chi connectivity index (χ4n) is 3.69. The van der Waals surface area contributed by atoms with Crippen molar-refractivity contribution >= 4 is 5.91 Å². The van der Waals surface area contributed by atoms with Crippen LogP contribution in [-0.2, 0) is 11.2 Å². The van der Waals surface area contributed by atoms with Gasteiger partial charge in [-0.15, -0.1) is 0 Å². The van der Waals surface area contributed by atoms with E-state index in [4.69, 9.17) is 4.52 Å². The highest BCUT2D eigenvalue weighted by Crippen LogP contribution is 2.28. The van der Waals surface area contributed by atoms with Crippen molar-refractivity contribution in [1.29, 1.82) is 0 Å². The fraction of sp³-hybridized carbons (Fsp3) is 0.200. The Balaban J connectivity index is 1.40. The van der Waals surface area contributed by atoms with Crippen LogP contribution in [0.25, 0.3) is 11.4 Å². The lowest BCUT2D eigenvalue weighted by Gasteiger charge is -2.26. The molecule has 2 heterocycles. The summed E-state index contributed by atoms with van der Waals surface area (Å²) >= 11 is 0. The zero-order chi connectivity index (χ0) is 21.5. The smallest absolute Gasteiger partial charge is 0.227 e. The molecule has 0 aliphatic heterocycles. The minimum Gasteiger partial charge on any atom is -0.353 e. The van der Waals surface area contributed by atoms with E-state index in [1.54, 1.807) is 12.4 Å². The van der Waals surface area contributed by atoms with Crippen molar-refractivity contribution in [2.45, 2.75) is 31.7 Å². The van der Waals surface area contributed by atoms with Crippen molar-refractivity contribution in [1.82, 2.24) is 20.4 Å². The first-order valence-corrected chi connectivity index (χ1v) is 10.3. The van der Waals surface area contributed by atoms with Gasteiger partial charge in [0.15, 0.2) is 0 Å². The number of hydrogen-bond acceptors (Lipinski definition) is 5. The number of pyridine rings is 1. The van der Waals surface area contributed by atoms with Crippen molar-refractivity contribution in [2.75, 3.05) is 0 Å². The molecule has 4 rings (SSSR count). The van der Waals surface area contributed by atoms with Gasteiger partial charge in [-0.25, -0.2) is 0 Å². The maximum Gasteiger partial charge on any atom is 0.227 e. The van der Waals surface area contributed by atoms with Crippen molar-refractivity contribution in [3.8, 4) is 11.4 Å². The Morgan fingerprint density at radius 3 is 2.26 bits per heavy atom. The van der Waals surface area contributed by atoms with E-state index in [-0.39, 0.29) is 24.3 Å². The molecule has 0 aliphatic carbocycles. The molecule has 0 spiro atoms. The molecule has 0 saturated heterocycles. The molecule has 1 amide bonds. The van der Waals surface area contributed by atoms with Crippen LogP contribution in [0.15, 0.2) is 89.7 Å². The van der Waals surface area contributed by atoms with E-state index < -0.39 is 0 Å². The monoisotopic (exact) mass is 412 g/mol. The van der Waals surface area contributed by atoms with Crippen LogP contribution >= 0.6 is 0 Å². The van der Waals surface area contributed by atoms with Gasteiger partial charge in [-0.05, 0) is 30.2 Å². The lowest BCUT2D eigenvalue weighted by atomic mass is 9.86. The predicted molar refractivity (Wildman–Crippen MR) is 118 cm³/mol. The maximum atomic E-state index is 12.7. The molecule has 1 atom stereocenters. The highest BCUT2D eigenvalue weighted by atomic mass is 16.5. The Morgan fingerprint density at radius 1 is 0.968 bits per heavy atom. The van der Waals surface area contributed by atoms with Crippen molar-refractivity contribution in [3.63, 3.8) is 0 Å².